The minimum atomic E-state index is -0.125. The Morgan fingerprint density at radius 2 is 1.64 bits per heavy atom. The number of rotatable bonds is 6. The summed E-state index contributed by atoms with van der Waals surface area (Å²) >= 11 is 0. The van der Waals surface area contributed by atoms with Crippen molar-refractivity contribution in [1.29, 1.82) is 0 Å². The van der Waals surface area contributed by atoms with Crippen LogP contribution in [0.5, 0.6) is 0 Å². The summed E-state index contributed by atoms with van der Waals surface area (Å²) in [4.78, 5) is 23.4. The average Bonchev–Trinajstić information content (AvgIpc) is 3.26. The predicted octanol–water partition coefficient (Wildman–Crippen LogP) is 1.73. The molecule has 0 unspecified atom stereocenters. The van der Waals surface area contributed by atoms with Crippen LogP contribution in [0.4, 0.5) is 0 Å². The first-order valence-corrected chi connectivity index (χ1v) is 7.53. The van der Waals surface area contributed by atoms with Crippen molar-refractivity contribution >= 4 is 11.8 Å². The van der Waals surface area contributed by atoms with Crippen LogP contribution >= 0.6 is 0 Å². The van der Waals surface area contributed by atoms with Gasteiger partial charge < -0.3 is 15.2 Å². The van der Waals surface area contributed by atoms with Crippen molar-refractivity contribution in [1.82, 2.24) is 15.2 Å². The second-order valence-electron chi connectivity index (χ2n) is 5.46. The van der Waals surface area contributed by atoms with Gasteiger partial charge in [-0.1, -0.05) is 0 Å². The van der Waals surface area contributed by atoms with Gasteiger partial charge in [-0.2, -0.15) is 0 Å². The molecule has 5 nitrogen and oxygen atoms in total. The minimum absolute atomic E-state index is 0.102. The molecule has 1 aliphatic carbocycles. The van der Waals surface area contributed by atoms with Crippen molar-refractivity contribution in [3.05, 3.63) is 54.4 Å². The van der Waals surface area contributed by atoms with Gasteiger partial charge in [-0.15, -0.1) is 0 Å². The largest absolute Gasteiger partial charge is 0.354 e. The fourth-order valence-electron chi connectivity index (χ4n) is 2.25. The molecule has 2 aromatic rings. The van der Waals surface area contributed by atoms with Crippen LogP contribution < -0.4 is 10.6 Å². The summed E-state index contributed by atoms with van der Waals surface area (Å²) in [5.74, 6) is 0.182. The highest BCUT2D eigenvalue weighted by molar-refractivity contribution is 5.94. The van der Waals surface area contributed by atoms with E-state index in [-0.39, 0.29) is 17.7 Å². The van der Waals surface area contributed by atoms with Crippen LogP contribution in [0, 0.1) is 5.92 Å². The monoisotopic (exact) mass is 297 g/mol. The third-order valence-electron chi connectivity index (χ3n) is 3.69. The van der Waals surface area contributed by atoms with E-state index < -0.39 is 0 Å². The van der Waals surface area contributed by atoms with Crippen molar-refractivity contribution in [3.63, 3.8) is 0 Å². The van der Waals surface area contributed by atoms with Gasteiger partial charge in [0.05, 0.1) is 0 Å². The first kappa shape index (κ1) is 14.4. The maximum absolute atomic E-state index is 12.0. The van der Waals surface area contributed by atoms with Crippen LogP contribution in [0.3, 0.4) is 0 Å². The molecule has 0 saturated heterocycles. The summed E-state index contributed by atoms with van der Waals surface area (Å²) in [6.07, 6.45) is 5.90. The molecule has 0 aliphatic heterocycles. The maximum atomic E-state index is 12.0. The van der Waals surface area contributed by atoms with Crippen LogP contribution in [0.15, 0.2) is 48.8 Å². The third kappa shape index (κ3) is 3.55. The van der Waals surface area contributed by atoms with Crippen LogP contribution in [0.2, 0.25) is 0 Å². The summed E-state index contributed by atoms with van der Waals surface area (Å²) in [7, 11) is 0. The average molecular weight is 297 g/mol. The van der Waals surface area contributed by atoms with E-state index in [1.807, 2.05) is 41.2 Å². The summed E-state index contributed by atoms with van der Waals surface area (Å²) < 4.78 is 1.98. The predicted molar refractivity (Wildman–Crippen MR) is 83.8 cm³/mol. The standard InChI is InChI=1S/C17H19N3O2/c21-16(13-3-4-13)18-9-10-19-17(22)14-5-7-15(8-6-14)20-11-1-2-12-20/h1-2,5-8,11-13H,3-4,9-10H2,(H,18,21)(H,19,22). The molecule has 5 heteroatoms. The lowest BCUT2D eigenvalue weighted by Crippen LogP contribution is -2.35. The Morgan fingerprint density at radius 3 is 2.27 bits per heavy atom. The quantitative estimate of drug-likeness (QED) is 0.798. The zero-order valence-corrected chi connectivity index (χ0v) is 12.3. The Kier molecular flexibility index (Phi) is 4.23. The first-order chi connectivity index (χ1) is 10.7. The smallest absolute Gasteiger partial charge is 0.251 e. The molecule has 1 aromatic carbocycles. The van der Waals surface area contributed by atoms with Crippen LogP contribution in [0.25, 0.3) is 5.69 Å². The van der Waals surface area contributed by atoms with Gasteiger partial charge in [-0.05, 0) is 49.2 Å². The van der Waals surface area contributed by atoms with Crippen molar-refractivity contribution in [2.24, 2.45) is 5.92 Å². The van der Waals surface area contributed by atoms with E-state index in [0.29, 0.717) is 18.7 Å². The first-order valence-electron chi connectivity index (χ1n) is 7.53. The molecule has 1 saturated carbocycles. The molecule has 0 atom stereocenters. The highest BCUT2D eigenvalue weighted by atomic mass is 16.2. The van der Waals surface area contributed by atoms with Gasteiger partial charge in [0.15, 0.2) is 0 Å². The molecule has 3 rings (SSSR count). The van der Waals surface area contributed by atoms with Gasteiger partial charge in [0.2, 0.25) is 5.91 Å². The molecule has 2 N–H and O–H groups in total. The van der Waals surface area contributed by atoms with E-state index in [4.69, 9.17) is 0 Å². The Labute approximate surface area is 129 Å². The summed E-state index contributed by atoms with van der Waals surface area (Å²) in [5, 5.41) is 5.63. The van der Waals surface area contributed by atoms with E-state index in [0.717, 1.165) is 18.5 Å². The molecule has 0 bridgehead atoms. The Morgan fingerprint density at radius 1 is 1.00 bits per heavy atom. The van der Waals surface area contributed by atoms with Gasteiger partial charge >= 0.3 is 0 Å². The minimum Gasteiger partial charge on any atom is -0.354 e. The summed E-state index contributed by atoms with van der Waals surface area (Å²) in [5.41, 5.74) is 1.63. The lowest BCUT2D eigenvalue weighted by Gasteiger charge is -2.08. The highest BCUT2D eigenvalue weighted by Gasteiger charge is 2.28. The lowest BCUT2D eigenvalue weighted by molar-refractivity contribution is -0.122. The summed E-state index contributed by atoms with van der Waals surface area (Å²) in [6, 6.07) is 11.3. The van der Waals surface area contributed by atoms with Gasteiger partial charge in [0.25, 0.3) is 5.91 Å². The second-order valence-corrected chi connectivity index (χ2v) is 5.46. The van der Waals surface area contributed by atoms with E-state index in [1.165, 1.54) is 0 Å². The normalized spacial score (nSPS) is 13.6. The fourth-order valence-corrected chi connectivity index (χ4v) is 2.25. The number of nitrogens with one attached hydrogen (secondary N) is 2. The van der Waals surface area contributed by atoms with Crippen LogP contribution in [0.1, 0.15) is 23.2 Å². The molecule has 0 radical (unpaired) electrons. The van der Waals surface area contributed by atoms with Crippen molar-refractivity contribution < 1.29 is 9.59 Å². The SMILES string of the molecule is O=C(NCCNC(=O)C1CC1)c1ccc(-n2cccc2)cc1. The molecular weight excluding hydrogens is 278 g/mol. The van der Waals surface area contributed by atoms with Crippen molar-refractivity contribution in [2.45, 2.75) is 12.8 Å². The molecule has 114 valence electrons. The number of aromatic nitrogens is 1. The Bertz CT molecular complexity index is 643. The second kappa shape index (κ2) is 6.47. The molecule has 1 heterocycles. The fraction of sp³-hybridized carbons (Fsp3) is 0.294. The molecule has 1 aliphatic rings. The third-order valence-corrected chi connectivity index (χ3v) is 3.69. The van der Waals surface area contributed by atoms with Gasteiger partial charge in [-0.25, -0.2) is 0 Å². The van der Waals surface area contributed by atoms with Gasteiger partial charge in [0.1, 0.15) is 0 Å². The highest BCUT2D eigenvalue weighted by Crippen LogP contribution is 2.28. The number of amides is 2. The van der Waals surface area contributed by atoms with Crippen LogP contribution in [-0.4, -0.2) is 29.5 Å². The molecule has 22 heavy (non-hydrogen) atoms. The van der Waals surface area contributed by atoms with E-state index >= 15 is 0 Å². The van der Waals surface area contributed by atoms with Gasteiger partial charge in [-0.3, -0.25) is 9.59 Å². The summed E-state index contributed by atoms with van der Waals surface area (Å²) in [6.45, 7) is 0.916. The number of hydrogen-bond donors (Lipinski definition) is 2. The van der Waals surface area contributed by atoms with Gasteiger partial charge in [0, 0.05) is 42.7 Å². The number of carbonyl (C=O) groups is 2. The van der Waals surface area contributed by atoms with Crippen LogP contribution in [-0.2, 0) is 4.79 Å². The number of carbonyl (C=O) groups excluding carboxylic acids is 2. The Hall–Kier alpha value is -2.56. The molecule has 1 aromatic heterocycles. The zero-order valence-electron chi connectivity index (χ0n) is 12.3. The maximum Gasteiger partial charge on any atom is 0.251 e. The molecule has 2 amide bonds. The van der Waals surface area contributed by atoms with Crippen molar-refractivity contribution in [2.75, 3.05) is 13.1 Å². The zero-order chi connectivity index (χ0) is 15.4. The topological polar surface area (TPSA) is 63.1 Å². The number of nitrogens with zero attached hydrogens (tertiary/aromatic N) is 1. The lowest BCUT2D eigenvalue weighted by atomic mass is 10.2. The van der Waals surface area contributed by atoms with E-state index in [1.54, 1.807) is 12.1 Å². The number of hydrogen-bond acceptors (Lipinski definition) is 2. The molecular formula is C17H19N3O2. The van der Waals surface area contributed by atoms with E-state index in [2.05, 4.69) is 10.6 Å². The Balaban J connectivity index is 1.46. The number of benzene rings is 1. The van der Waals surface area contributed by atoms with Crippen molar-refractivity contribution in [3.8, 4) is 5.69 Å². The van der Waals surface area contributed by atoms with E-state index in [9.17, 15) is 9.59 Å². The molecule has 0 spiro atoms. The molecule has 1 fully saturated rings.